The summed E-state index contributed by atoms with van der Waals surface area (Å²) in [6.45, 7) is 1.40. The van der Waals surface area contributed by atoms with Gasteiger partial charge < -0.3 is 10.6 Å². The minimum absolute atomic E-state index is 0.0856. The van der Waals surface area contributed by atoms with Gasteiger partial charge in [-0.1, -0.05) is 24.3 Å². The first kappa shape index (κ1) is 18.8. The lowest BCUT2D eigenvalue weighted by atomic mass is 10.1. The number of urea groups is 1. The van der Waals surface area contributed by atoms with Crippen molar-refractivity contribution in [3.8, 4) is 0 Å². The molecule has 0 aromatic heterocycles. The number of imide groups is 1. The summed E-state index contributed by atoms with van der Waals surface area (Å²) in [5, 5.41) is 15.6. The average Bonchev–Trinajstić information content (AvgIpc) is 2.91. The Bertz CT molecular complexity index is 998. The molecule has 1 aliphatic heterocycles. The average molecular weight is 380 g/mol. The normalized spacial score (nSPS) is 14.9. The number of hydrogen-bond donors (Lipinski definition) is 2. The summed E-state index contributed by atoms with van der Waals surface area (Å²) in [5.41, 5.74) is 2.01. The van der Waals surface area contributed by atoms with Crippen LogP contribution >= 0.6 is 0 Å². The largest absolute Gasteiger partial charge is 0.329 e. The predicted octanol–water partition coefficient (Wildman–Crippen LogP) is 2.43. The van der Waals surface area contributed by atoms with Crippen LogP contribution in [0, 0.1) is 17.0 Å². The SMILES string of the molecule is Cc1ccccc1/C=C1\NC(=O)N(CC(=O)Nc2ccc([N+](=O)[O-])cc2)C1=O. The van der Waals surface area contributed by atoms with Gasteiger partial charge in [0.15, 0.2) is 0 Å². The number of anilines is 1. The zero-order chi connectivity index (χ0) is 20.3. The highest BCUT2D eigenvalue weighted by atomic mass is 16.6. The maximum absolute atomic E-state index is 12.5. The number of nitro groups is 1. The summed E-state index contributed by atoms with van der Waals surface area (Å²) in [6.07, 6.45) is 1.56. The van der Waals surface area contributed by atoms with Gasteiger partial charge in [0.2, 0.25) is 5.91 Å². The number of carbonyl (C=O) groups is 3. The number of non-ortho nitro benzene ring substituents is 1. The first-order valence-corrected chi connectivity index (χ1v) is 8.29. The summed E-state index contributed by atoms with van der Waals surface area (Å²) < 4.78 is 0. The Morgan fingerprint density at radius 2 is 1.86 bits per heavy atom. The maximum atomic E-state index is 12.5. The van der Waals surface area contributed by atoms with E-state index in [1.54, 1.807) is 6.08 Å². The van der Waals surface area contributed by atoms with Gasteiger partial charge in [-0.2, -0.15) is 0 Å². The highest BCUT2D eigenvalue weighted by Gasteiger charge is 2.35. The smallest absolute Gasteiger partial charge is 0.325 e. The van der Waals surface area contributed by atoms with Gasteiger partial charge in [-0.15, -0.1) is 0 Å². The van der Waals surface area contributed by atoms with Crippen LogP contribution in [0.3, 0.4) is 0 Å². The van der Waals surface area contributed by atoms with E-state index in [9.17, 15) is 24.5 Å². The molecule has 2 aromatic rings. The summed E-state index contributed by atoms with van der Waals surface area (Å²) in [7, 11) is 0. The molecule has 1 heterocycles. The quantitative estimate of drug-likeness (QED) is 0.357. The van der Waals surface area contributed by atoms with Gasteiger partial charge in [0, 0.05) is 17.8 Å². The fourth-order valence-electron chi connectivity index (χ4n) is 2.63. The fraction of sp³-hybridized carbons (Fsp3) is 0.105. The van der Waals surface area contributed by atoms with E-state index in [2.05, 4.69) is 10.6 Å². The summed E-state index contributed by atoms with van der Waals surface area (Å²) in [6, 6.07) is 11.9. The van der Waals surface area contributed by atoms with Gasteiger partial charge in [0.25, 0.3) is 11.6 Å². The van der Waals surface area contributed by atoms with Crippen LogP contribution < -0.4 is 10.6 Å². The van der Waals surface area contributed by atoms with Crippen molar-refractivity contribution in [2.45, 2.75) is 6.92 Å². The van der Waals surface area contributed by atoms with E-state index >= 15 is 0 Å². The number of nitro benzene ring substituents is 1. The number of nitrogens with one attached hydrogen (secondary N) is 2. The van der Waals surface area contributed by atoms with E-state index in [4.69, 9.17) is 0 Å². The molecule has 0 unspecified atom stereocenters. The van der Waals surface area contributed by atoms with Crippen LogP contribution in [-0.2, 0) is 9.59 Å². The number of hydrogen-bond acceptors (Lipinski definition) is 5. The minimum atomic E-state index is -0.691. The van der Waals surface area contributed by atoms with Crippen molar-refractivity contribution in [1.82, 2.24) is 10.2 Å². The molecule has 0 atom stereocenters. The van der Waals surface area contributed by atoms with Gasteiger partial charge in [-0.25, -0.2) is 9.69 Å². The molecule has 3 rings (SSSR count). The molecule has 2 aromatic carbocycles. The molecular formula is C19H16N4O5. The third kappa shape index (κ3) is 4.04. The van der Waals surface area contributed by atoms with Crippen LogP contribution in [0.25, 0.3) is 6.08 Å². The number of rotatable bonds is 5. The van der Waals surface area contributed by atoms with E-state index < -0.39 is 29.3 Å². The van der Waals surface area contributed by atoms with E-state index in [1.165, 1.54) is 24.3 Å². The molecule has 0 radical (unpaired) electrons. The second-order valence-electron chi connectivity index (χ2n) is 6.09. The Labute approximate surface area is 159 Å². The van der Waals surface area contributed by atoms with E-state index in [0.29, 0.717) is 5.69 Å². The van der Waals surface area contributed by atoms with Crippen molar-refractivity contribution in [2.24, 2.45) is 0 Å². The van der Waals surface area contributed by atoms with E-state index in [-0.39, 0.29) is 11.4 Å². The highest BCUT2D eigenvalue weighted by Crippen LogP contribution is 2.18. The molecule has 1 aliphatic rings. The van der Waals surface area contributed by atoms with Crippen LogP contribution in [0.2, 0.25) is 0 Å². The Balaban J connectivity index is 1.68. The molecule has 9 nitrogen and oxygen atoms in total. The molecule has 9 heteroatoms. The molecule has 0 aliphatic carbocycles. The van der Waals surface area contributed by atoms with Crippen LogP contribution in [0.1, 0.15) is 11.1 Å². The molecule has 28 heavy (non-hydrogen) atoms. The summed E-state index contributed by atoms with van der Waals surface area (Å²) >= 11 is 0. The zero-order valence-corrected chi connectivity index (χ0v) is 14.8. The van der Waals surface area contributed by atoms with Crippen LogP contribution in [0.5, 0.6) is 0 Å². The standard InChI is InChI=1S/C19H16N4O5/c1-12-4-2-3-5-13(12)10-16-18(25)22(19(26)21-16)11-17(24)20-14-6-8-15(9-7-14)23(27)28/h2-10H,11H2,1H3,(H,20,24)(H,21,26)/b16-10-. The Morgan fingerprint density at radius 1 is 1.18 bits per heavy atom. The Hall–Kier alpha value is -4.01. The molecule has 0 spiro atoms. The minimum Gasteiger partial charge on any atom is -0.325 e. The second-order valence-corrected chi connectivity index (χ2v) is 6.09. The van der Waals surface area contributed by atoms with Gasteiger partial charge in [-0.3, -0.25) is 19.7 Å². The van der Waals surface area contributed by atoms with Crippen molar-refractivity contribution in [1.29, 1.82) is 0 Å². The molecule has 4 amide bonds. The Morgan fingerprint density at radius 3 is 2.50 bits per heavy atom. The number of aryl methyl sites for hydroxylation is 1. The van der Waals surface area contributed by atoms with Crippen LogP contribution in [0.15, 0.2) is 54.2 Å². The third-order valence-corrected chi connectivity index (χ3v) is 4.11. The molecule has 0 bridgehead atoms. The summed E-state index contributed by atoms with van der Waals surface area (Å²) in [5.74, 6) is -1.21. The fourth-order valence-corrected chi connectivity index (χ4v) is 2.63. The zero-order valence-electron chi connectivity index (χ0n) is 14.8. The number of nitrogens with zero attached hydrogens (tertiary/aromatic N) is 2. The predicted molar refractivity (Wildman–Crippen MR) is 101 cm³/mol. The molecule has 142 valence electrons. The van der Waals surface area contributed by atoms with E-state index in [0.717, 1.165) is 16.0 Å². The Kier molecular flexibility index (Phi) is 5.16. The van der Waals surface area contributed by atoms with Crippen molar-refractivity contribution in [2.75, 3.05) is 11.9 Å². The van der Waals surface area contributed by atoms with Crippen molar-refractivity contribution in [3.05, 3.63) is 75.5 Å². The molecule has 2 N–H and O–H groups in total. The topological polar surface area (TPSA) is 122 Å². The lowest BCUT2D eigenvalue weighted by Crippen LogP contribution is -2.38. The maximum Gasteiger partial charge on any atom is 0.329 e. The second kappa shape index (κ2) is 7.70. The lowest BCUT2D eigenvalue weighted by Gasteiger charge is -2.11. The van der Waals surface area contributed by atoms with Crippen LogP contribution in [0.4, 0.5) is 16.2 Å². The van der Waals surface area contributed by atoms with Gasteiger partial charge >= 0.3 is 6.03 Å². The number of benzene rings is 2. The van der Waals surface area contributed by atoms with Crippen molar-refractivity contribution >= 4 is 35.3 Å². The van der Waals surface area contributed by atoms with Crippen LogP contribution in [-0.4, -0.2) is 34.2 Å². The molecule has 0 saturated carbocycles. The highest BCUT2D eigenvalue weighted by molar-refractivity contribution is 6.16. The number of carbonyl (C=O) groups excluding carboxylic acids is 3. The van der Waals surface area contributed by atoms with Gasteiger partial charge in [-0.05, 0) is 36.3 Å². The summed E-state index contributed by atoms with van der Waals surface area (Å²) in [4.78, 5) is 47.6. The molecular weight excluding hydrogens is 364 g/mol. The first-order chi connectivity index (χ1) is 13.3. The first-order valence-electron chi connectivity index (χ1n) is 8.29. The van der Waals surface area contributed by atoms with Crippen molar-refractivity contribution in [3.63, 3.8) is 0 Å². The van der Waals surface area contributed by atoms with E-state index in [1.807, 2.05) is 31.2 Å². The molecule has 1 saturated heterocycles. The molecule has 1 fully saturated rings. The van der Waals surface area contributed by atoms with Gasteiger partial charge in [0.1, 0.15) is 12.2 Å². The van der Waals surface area contributed by atoms with Crippen molar-refractivity contribution < 1.29 is 19.3 Å². The monoisotopic (exact) mass is 380 g/mol. The van der Waals surface area contributed by atoms with Gasteiger partial charge in [0.05, 0.1) is 4.92 Å². The third-order valence-electron chi connectivity index (χ3n) is 4.11. The lowest BCUT2D eigenvalue weighted by molar-refractivity contribution is -0.384. The number of amides is 4.